The number of benzene rings is 1. The van der Waals surface area contributed by atoms with E-state index in [-0.39, 0.29) is 0 Å². The molecule has 0 nitrogen and oxygen atoms in total. The Labute approximate surface area is 165 Å². The third kappa shape index (κ3) is 4.22. The zero-order valence-electron chi connectivity index (χ0n) is 18.3. The highest BCUT2D eigenvalue weighted by molar-refractivity contribution is 6.77. The first-order chi connectivity index (χ1) is 12.2. The molecule has 1 aromatic rings. The van der Waals surface area contributed by atoms with Crippen molar-refractivity contribution in [1.82, 2.24) is 0 Å². The van der Waals surface area contributed by atoms with Crippen molar-refractivity contribution in [2.45, 2.75) is 83.7 Å². The van der Waals surface area contributed by atoms with Gasteiger partial charge in [0.05, 0.1) is 8.80 Å². The van der Waals surface area contributed by atoms with Crippen LogP contribution in [0.1, 0.15) is 47.0 Å². The van der Waals surface area contributed by atoms with Gasteiger partial charge in [-0.15, -0.1) is 0 Å². The van der Waals surface area contributed by atoms with E-state index in [9.17, 15) is 0 Å². The minimum absolute atomic E-state index is 0.896. The van der Waals surface area contributed by atoms with Gasteiger partial charge in [0.1, 0.15) is 0 Å². The number of hydrogen-bond donors (Lipinski definition) is 0. The summed E-state index contributed by atoms with van der Waals surface area (Å²) in [7, 11) is -1.91. The summed E-state index contributed by atoms with van der Waals surface area (Å²) in [6, 6.07) is 13.4. The molecule has 3 rings (SSSR count). The summed E-state index contributed by atoms with van der Waals surface area (Å²) in [6.45, 7) is 17.9. The molecule has 1 aromatic carbocycles. The molecule has 2 saturated carbocycles. The van der Waals surface area contributed by atoms with Gasteiger partial charge in [-0.1, -0.05) is 108 Å². The maximum atomic E-state index is 2.59. The lowest BCUT2D eigenvalue weighted by molar-refractivity contribution is 0.352. The zero-order chi connectivity index (χ0) is 19.1. The predicted octanol–water partition coefficient (Wildman–Crippen LogP) is 6.56. The Hall–Kier alpha value is -0.346. The molecule has 0 saturated heterocycles. The Morgan fingerprint density at radius 3 is 1.96 bits per heavy atom. The fourth-order valence-electron chi connectivity index (χ4n) is 6.77. The van der Waals surface area contributed by atoms with E-state index in [1.165, 1.54) is 12.8 Å². The molecule has 0 aliphatic heterocycles. The van der Waals surface area contributed by atoms with Crippen molar-refractivity contribution in [3.63, 3.8) is 0 Å². The summed E-state index contributed by atoms with van der Waals surface area (Å²) < 4.78 is 0. The van der Waals surface area contributed by atoms with E-state index in [1.807, 2.05) is 0 Å². The van der Waals surface area contributed by atoms with Crippen LogP contribution in [0, 0.1) is 29.6 Å². The van der Waals surface area contributed by atoms with Crippen molar-refractivity contribution in [2.24, 2.45) is 29.6 Å². The minimum Gasteiger partial charge on any atom is -0.0695 e. The van der Waals surface area contributed by atoms with Gasteiger partial charge in [-0.3, -0.25) is 0 Å². The maximum Gasteiger partial charge on any atom is 0.0775 e. The summed E-state index contributed by atoms with van der Waals surface area (Å²) in [5.74, 6) is 4.65. The quantitative estimate of drug-likeness (QED) is 0.503. The van der Waals surface area contributed by atoms with Gasteiger partial charge in [0, 0.05) is 8.07 Å². The second-order valence-corrected chi connectivity index (χ2v) is 20.1. The smallest absolute Gasteiger partial charge is 0.0695 e. The van der Waals surface area contributed by atoms with Crippen LogP contribution in [0.5, 0.6) is 0 Å². The molecule has 0 spiro atoms. The standard InChI is InChI=1S/C24H42Si2/c1-17-18(2)20(4)24(19(17)3)25(22-11-9-8-10-12-22)23-14-13-21(15-23)16-26(5,6)7/h8-12,17-21,23-25H,13-16H2,1-7H3. The third-order valence-corrected chi connectivity index (χ3v) is 14.9. The molecule has 0 N–H and O–H groups in total. The van der Waals surface area contributed by atoms with Crippen molar-refractivity contribution < 1.29 is 0 Å². The Bertz CT molecular complexity index is 562. The molecule has 7 unspecified atom stereocenters. The van der Waals surface area contributed by atoms with Gasteiger partial charge in [0.2, 0.25) is 0 Å². The van der Waals surface area contributed by atoms with Crippen molar-refractivity contribution in [3.05, 3.63) is 30.3 Å². The SMILES string of the molecule is CC1C(C)C(C)C([SiH](c2ccccc2)C2CCC(C[Si](C)(C)C)C2)C1C. The van der Waals surface area contributed by atoms with Crippen LogP contribution >= 0.6 is 0 Å². The van der Waals surface area contributed by atoms with E-state index < -0.39 is 16.9 Å². The van der Waals surface area contributed by atoms with E-state index >= 15 is 0 Å². The first-order valence-electron chi connectivity index (χ1n) is 11.2. The van der Waals surface area contributed by atoms with Crippen molar-refractivity contribution in [3.8, 4) is 0 Å². The molecule has 0 radical (unpaired) electrons. The predicted molar refractivity (Wildman–Crippen MR) is 123 cm³/mol. The van der Waals surface area contributed by atoms with Crippen molar-refractivity contribution >= 4 is 22.1 Å². The second kappa shape index (κ2) is 7.95. The van der Waals surface area contributed by atoms with Crippen molar-refractivity contribution in [1.29, 1.82) is 0 Å². The summed E-state index contributed by atoms with van der Waals surface area (Å²) in [5.41, 5.74) is 2.05. The molecule has 2 aliphatic rings. The first-order valence-corrected chi connectivity index (χ1v) is 16.9. The lowest BCUT2D eigenvalue weighted by Gasteiger charge is -2.35. The molecule has 7 atom stereocenters. The monoisotopic (exact) mass is 386 g/mol. The average Bonchev–Trinajstić information content (AvgIpc) is 3.09. The van der Waals surface area contributed by atoms with E-state index in [1.54, 1.807) is 17.7 Å². The average molecular weight is 387 g/mol. The molecular formula is C24H42Si2. The summed E-state index contributed by atoms with van der Waals surface area (Å²) >= 11 is 0. The molecular weight excluding hydrogens is 344 g/mol. The number of rotatable bonds is 5. The molecule has 0 heterocycles. The second-order valence-electron chi connectivity index (χ2n) is 11.2. The van der Waals surface area contributed by atoms with Gasteiger partial charge in [-0.25, -0.2) is 0 Å². The fraction of sp³-hybridized carbons (Fsp3) is 0.750. The molecule has 0 aromatic heterocycles. The maximum absolute atomic E-state index is 2.59. The Morgan fingerprint density at radius 2 is 1.42 bits per heavy atom. The van der Waals surface area contributed by atoms with Crippen LogP contribution in [0.4, 0.5) is 0 Å². The van der Waals surface area contributed by atoms with Gasteiger partial charge >= 0.3 is 0 Å². The lowest BCUT2D eigenvalue weighted by atomic mass is 9.92. The first kappa shape index (κ1) is 20.4. The van der Waals surface area contributed by atoms with Crippen molar-refractivity contribution in [2.75, 3.05) is 0 Å². The van der Waals surface area contributed by atoms with Crippen LogP contribution in [-0.4, -0.2) is 16.9 Å². The van der Waals surface area contributed by atoms with E-state index in [0.717, 1.165) is 40.7 Å². The molecule has 146 valence electrons. The molecule has 2 heteroatoms. The van der Waals surface area contributed by atoms with Crippen LogP contribution < -0.4 is 5.19 Å². The van der Waals surface area contributed by atoms with Gasteiger partial charge in [0.15, 0.2) is 0 Å². The summed E-state index contributed by atoms with van der Waals surface area (Å²) in [5, 5.41) is 1.77. The van der Waals surface area contributed by atoms with E-state index in [2.05, 4.69) is 77.7 Å². The summed E-state index contributed by atoms with van der Waals surface area (Å²) in [4.78, 5) is 0. The van der Waals surface area contributed by atoms with E-state index in [0.29, 0.717) is 0 Å². The largest absolute Gasteiger partial charge is 0.0775 e. The van der Waals surface area contributed by atoms with Gasteiger partial charge in [0.25, 0.3) is 0 Å². The number of hydrogen-bond acceptors (Lipinski definition) is 0. The fourth-order valence-corrected chi connectivity index (χ4v) is 14.4. The molecule has 26 heavy (non-hydrogen) atoms. The van der Waals surface area contributed by atoms with E-state index in [4.69, 9.17) is 0 Å². The van der Waals surface area contributed by atoms with Crippen LogP contribution in [0.2, 0.25) is 36.8 Å². The van der Waals surface area contributed by atoms with Crippen LogP contribution in [0.3, 0.4) is 0 Å². The minimum atomic E-state index is -0.981. The van der Waals surface area contributed by atoms with Crippen LogP contribution in [0.25, 0.3) is 0 Å². The normalized spacial score (nSPS) is 39.3. The molecule has 2 aliphatic carbocycles. The van der Waals surface area contributed by atoms with Crippen LogP contribution in [-0.2, 0) is 0 Å². The lowest BCUT2D eigenvalue weighted by Crippen LogP contribution is -2.42. The Morgan fingerprint density at radius 1 is 0.846 bits per heavy atom. The molecule has 0 amide bonds. The molecule has 0 bridgehead atoms. The van der Waals surface area contributed by atoms with Gasteiger partial charge in [-0.2, -0.15) is 0 Å². The Kier molecular flexibility index (Phi) is 6.23. The Balaban J connectivity index is 1.86. The zero-order valence-corrected chi connectivity index (χ0v) is 20.5. The third-order valence-electron chi connectivity index (χ3n) is 8.29. The highest BCUT2D eigenvalue weighted by Crippen LogP contribution is 2.54. The van der Waals surface area contributed by atoms with Gasteiger partial charge in [-0.05, 0) is 40.7 Å². The van der Waals surface area contributed by atoms with Crippen LogP contribution in [0.15, 0.2) is 30.3 Å². The molecule has 2 fully saturated rings. The van der Waals surface area contributed by atoms with Gasteiger partial charge < -0.3 is 0 Å². The topological polar surface area (TPSA) is 0 Å². The summed E-state index contributed by atoms with van der Waals surface area (Å²) in [6.07, 6.45) is 4.60. The highest BCUT2D eigenvalue weighted by atomic mass is 28.3. The highest BCUT2D eigenvalue weighted by Gasteiger charge is 2.49.